The normalized spacial score (nSPS) is 16.8. The molecule has 0 radical (unpaired) electrons. The first-order valence-corrected chi connectivity index (χ1v) is 8.83. The lowest BCUT2D eigenvalue weighted by Gasteiger charge is -2.28. The lowest BCUT2D eigenvalue weighted by atomic mass is 10.5. The maximum Gasteiger partial charge on any atom is 0.892 e. The smallest absolute Gasteiger partial charge is 0.467 e. The van der Waals surface area contributed by atoms with Gasteiger partial charge in [-0.1, -0.05) is 19.7 Å². The van der Waals surface area contributed by atoms with E-state index < -0.39 is 9.05 Å². The zero-order valence-corrected chi connectivity index (χ0v) is 14.7. The lowest BCUT2D eigenvalue weighted by Crippen LogP contribution is -2.48. The summed E-state index contributed by atoms with van der Waals surface area (Å²) in [6, 6.07) is 0. The van der Waals surface area contributed by atoms with Crippen LogP contribution >= 0.6 is 0 Å². The van der Waals surface area contributed by atoms with E-state index in [9.17, 15) is 0 Å². The molecule has 0 aromatic carbocycles. The molecule has 0 bridgehead atoms. The Bertz CT molecular complexity index is 364. The van der Waals surface area contributed by atoms with Crippen molar-refractivity contribution in [3.05, 3.63) is 37.0 Å². The molecule has 1 fully saturated rings. The molecule has 126 valence electrons. The molecule has 1 saturated heterocycles. The van der Waals surface area contributed by atoms with Gasteiger partial charge in [0.1, 0.15) is 6.10 Å². The Balaban J connectivity index is 2.47. The minimum absolute atomic E-state index is 0.264. The molecule has 0 N–H and O–H groups in total. The van der Waals surface area contributed by atoms with E-state index in [0.717, 1.165) is 6.61 Å². The second kappa shape index (κ2) is 8.99. The third-order valence-corrected chi connectivity index (χ3v) is 4.67. The van der Waals surface area contributed by atoms with Crippen LogP contribution < -0.4 is 0 Å². The third kappa shape index (κ3) is 8.23. The maximum atomic E-state index is 5.76. The van der Waals surface area contributed by atoms with Crippen LogP contribution in [0.25, 0.3) is 0 Å². The zero-order chi connectivity index (χ0) is 16.6. The summed E-state index contributed by atoms with van der Waals surface area (Å²) in [5.41, 5.74) is 0. The van der Waals surface area contributed by atoms with Gasteiger partial charge in [-0.3, -0.25) is 0 Å². The van der Waals surface area contributed by atoms with Crippen LogP contribution in [0.15, 0.2) is 37.0 Å². The van der Waals surface area contributed by atoms with E-state index in [-0.39, 0.29) is 6.10 Å². The molecule has 0 aromatic heterocycles. The summed E-state index contributed by atoms with van der Waals surface area (Å²) in [5, 5.41) is 0. The van der Waals surface area contributed by atoms with E-state index in [1.54, 1.807) is 20.8 Å². The van der Waals surface area contributed by atoms with Crippen LogP contribution in [-0.4, -0.2) is 41.6 Å². The first-order valence-electron chi connectivity index (χ1n) is 7.20. The Morgan fingerprint density at radius 3 is 1.91 bits per heavy atom. The highest BCUT2D eigenvalue weighted by Crippen LogP contribution is 2.21. The number of ether oxygens (including phenoxy) is 2. The van der Waals surface area contributed by atoms with Gasteiger partial charge in [0, 0.05) is 13.2 Å². The maximum absolute atomic E-state index is 5.76. The van der Waals surface area contributed by atoms with Gasteiger partial charge in [0.2, 0.25) is 0 Å². The van der Waals surface area contributed by atoms with Crippen LogP contribution in [0.3, 0.4) is 0 Å². The first-order chi connectivity index (χ1) is 10.3. The Kier molecular flexibility index (Phi) is 7.67. The van der Waals surface area contributed by atoms with Gasteiger partial charge in [-0.05, 0) is 27.2 Å². The molecule has 6 nitrogen and oxygen atoms in total. The van der Waals surface area contributed by atoms with Gasteiger partial charge in [0.25, 0.3) is 0 Å². The second-order valence-electron chi connectivity index (χ2n) is 5.14. The molecular formula is C15H26O6Si. The Morgan fingerprint density at radius 1 is 1.00 bits per heavy atom. The molecule has 0 spiro atoms. The fourth-order valence-corrected chi connectivity index (χ4v) is 3.50. The Hall–Kier alpha value is -1.28. The van der Waals surface area contributed by atoms with E-state index in [0.29, 0.717) is 43.5 Å². The summed E-state index contributed by atoms with van der Waals surface area (Å²) in [5.74, 6) is 1.32. The van der Waals surface area contributed by atoms with Crippen molar-refractivity contribution in [2.45, 2.75) is 33.3 Å². The van der Waals surface area contributed by atoms with Crippen molar-refractivity contribution in [3.63, 3.8) is 0 Å². The molecule has 7 heteroatoms. The van der Waals surface area contributed by atoms with Crippen LogP contribution in [0.1, 0.15) is 27.2 Å². The average molecular weight is 330 g/mol. The minimum Gasteiger partial charge on any atom is -0.467 e. The summed E-state index contributed by atoms with van der Waals surface area (Å²) in [7, 11) is -3.43. The highest BCUT2D eigenvalue weighted by atomic mass is 28.4. The number of hydrogen-bond donors (Lipinski definition) is 0. The van der Waals surface area contributed by atoms with E-state index >= 15 is 0 Å². The van der Waals surface area contributed by atoms with Crippen molar-refractivity contribution < 1.29 is 27.2 Å². The van der Waals surface area contributed by atoms with Crippen LogP contribution in [0.5, 0.6) is 0 Å². The molecule has 1 atom stereocenters. The summed E-state index contributed by atoms with van der Waals surface area (Å²) in [4.78, 5) is 0. The van der Waals surface area contributed by atoms with Gasteiger partial charge in [-0.15, -0.1) is 0 Å². The molecule has 1 aliphatic rings. The summed E-state index contributed by atoms with van der Waals surface area (Å²) < 4.78 is 33.1. The van der Waals surface area contributed by atoms with Gasteiger partial charge in [-0.2, -0.15) is 0 Å². The zero-order valence-electron chi connectivity index (χ0n) is 13.7. The van der Waals surface area contributed by atoms with Crippen molar-refractivity contribution >= 4 is 9.05 Å². The summed E-state index contributed by atoms with van der Waals surface area (Å²) in [6.07, 6.45) is 0.944. The fraction of sp³-hybridized carbons (Fsp3) is 0.600. The van der Waals surface area contributed by atoms with Crippen molar-refractivity contribution in [2.75, 3.05) is 26.4 Å². The van der Waals surface area contributed by atoms with Crippen LogP contribution in [0.2, 0.25) is 0 Å². The second-order valence-corrected chi connectivity index (χ2v) is 7.05. The molecule has 0 amide bonds. The third-order valence-electron chi connectivity index (χ3n) is 2.32. The summed E-state index contributed by atoms with van der Waals surface area (Å²) >= 11 is 0. The van der Waals surface area contributed by atoms with Crippen molar-refractivity contribution in [1.29, 1.82) is 0 Å². The quantitative estimate of drug-likeness (QED) is 0.224. The van der Waals surface area contributed by atoms with E-state index in [1.165, 1.54) is 0 Å². The fourth-order valence-electron chi connectivity index (χ4n) is 1.53. The molecule has 1 unspecified atom stereocenters. The molecule has 1 heterocycles. The summed E-state index contributed by atoms with van der Waals surface area (Å²) in [6.45, 7) is 18.6. The molecule has 1 aliphatic heterocycles. The number of allylic oxidation sites excluding steroid dienone is 3. The van der Waals surface area contributed by atoms with Gasteiger partial charge in [-0.25, -0.2) is 0 Å². The number of epoxide rings is 1. The van der Waals surface area contributed by atoms with Crippen LogP contribution in [0, 0.1) is 0 Å². The van der Waals surface area contributed by atoms with Crippen molar-refractivity contribution in [3.8, 4) is 0 Å². The first kappa shape index (κ1) is 18.8. The Morgan fingerprint density at radius 2 is 1.50 bits per heavy atom. The van der Waals surface area contributed by atoms with E-state index in [4.69, 9.17) is 27.2 Å². The van der Waals surface area contributed by atoms with Gasteiger partial charge < -0.3 is 27.2 Å². The number of rotatable bonds is 13. The van der Waals surface area contributed by atoms with Gasteiger partial charge in [0.15, 0.2) is 0 Å². The molecule has 22 heavy (non-hydrogen) atoms. The molecule has 1 rings (SSSR count). The van der Waals surface area contributed by atoms with Gasteiger partial charge >= 0.3 is 9.05 Å². The van der Waals surface area contributed by atoms with Crippen molar-refractivity contribution in [2.24, 2.45) is 0 Å². The predicted molar refractivity (Wildman–Crippen MR) is 84.6 cm³/mol. The van der Waals surface area contributed by atoms with E-state index in [1.807, 2.05) is 0 Å². The predicted octanol–water partition coefficient (Wildman–Crippen LogP) is 2.89. The average Bonchev–Trinajstić information content (AvgIpc) is 3.14. The Labute approximate surface area is 133 Å². The largest absolute Gasteiger partial charge is 0.892 e. The lowest BCUT2D eigenvalue weighted by molar-refractivity contribution is 0.0134. The topological polar surface area (TPSA) is 58.7 Å². The highest BCUT2D eigenvalue weighted by molar-refractivity contribution is 6.54. The van der Waals surface area contributed by atoms with Gasteiger partial charge in [0.05, 0.1) is 30.5 Å². The highest BCUT2D eigenvalue weighted by Gasteiger charge is 2.54. The number of hydrogen-bond acceptors (Lipinski definition) is 6. The van der Waals surface area contributed by atoms with Crippen molar-refractivity contribution in [1.82, 2.24) is 0 Å². The molecule has 0 aliphatic carbocycles. The minimum atomic E-state index is -3.43. The molecular weight excluding hydrogens is 304 g/mol. The molecule has 0 aromatic rings. The monoisotopic (exact) mass is 330 g/mol. The standard InChI is InChI=1S/C15H26O6Si/c1-12(2)19-22(20-13(3)4,21-14(5)6)18-9-7-8-16-10-15-11-17-15/h15H,1,3,5,7-11H2,2,4,6H3. The van der Waals surface area contributed by atoms with E-state index in [2.05, 4.69) is 19.7 Å². The van der Waals surface area contributed by atoms with Crippen LogP contribution in [0.4, 0.5) is 0 Å². The SMILES string of the molecule is C=C(C)O[Si](OCCCOCC1CO1)(OC(=C)C)OC(=C)C. The van der Waals surface area contributed by atoms with Crippen LogP contribution in [-0.2, 0) is 27.2 Å². The molecule has 0 saturated carbocycles.